The fourth-order valence-electron chi connectivity index (χ4n) is 2.35. The maximum atomic E-state index is 12.9. The van der Waals surface area contributed by atoms with Crippen molar-refractivity contribution in [2.45, 2.75) is 12.8 Å². The molecule has 1 aromatic carbocycles. The van der Waals surface area contributed by atoms with Crippen LogP contribution in [0.3, 0.4) is 0 Å². The second-order valence-electron chi connectivity index (χ2n) is 4.47. The van der Waals surface area contributed by atoms with E-state index in [0.29, 0.717) is 0 Å². The molecule has 0 radical (unpaired) electrons. The normalized spacial score (nSPS) is 17.7. The summed E-state index contributed by atoms with van der Waals surface area (Å²) in [5, 5.41) is 12.2. The summed E-state index contributed by atoms with van der Waals surface area (Å²) < 4.78 is 12.9. The van der Waals surface area contributed by atoms with Crippen molar-refractivity contribution in [3.8, 4) is 0 Å². The van der Waals surface area contributed by atoms with Gasteiger partial charge in [0.1, 0.15) is 5.82 Å². The minimum absolute atomic E-state index is 0.229. The third-order valence-corrected chi connectivity index (χ3v) is 3.24. The van der Waals surface area contributed by atoms with Gasteiger partial charge in [-0.2, -0.15) is 0 Å². The predicted molar refractivity (Wildman–Crippen MR) is 67.6 cm³/mol. The van der Waals surface area contributed by atoms with Gasteiger partial charge in [-0.1, -0.05) is 12.1 Å². The molecular formula is C14H16FNO2. The molecule has 0 atom stereocenters. The Balaban J connectivity index is 2.30. The fraction of sp³-hybridized carbons (Fsp3) is 0.357. The average Bonchev–Trinajstić information content (AvgIpc) is 2.38. The molecule has 1 fully saturated rings. The van der Waals surface area contributed by atoms with Crippen molar-refractivity contribution in [3.63, 3.8) is 0 Å². The first kappa shape index (κ1) is 12.8. The molecule has 3 nitrogen and oxygen atoms in total. The number of allylic oxidation sites excluding steroid dienone is 1. The first-order valence-corrected chi connectivity index (χ1v) is 6.08. The summed E-state index contributed by atoms with van der Waals surface area (Å²) in [5.41, 5.74) is 1.59. The van der Waals surface area contributed by atoms with Crippen molar-refractivity contribution < 1.29 is 14.3 Å². The lowest BCUT2D eigenvalue weighted by molar-refractivity contribution is -0.131. The molecule has 0 bridgehead atoms. The molecule has 18 heavy (non-hydrogen) atoms. The van der Waals surface area contributed by atoms with Crippen LogP contribution in [0.5, 0.6) is 0 Å². The molecule has 1 aromatic rings. The van der Waals surface area contributed by atoms with Crippen molar-refractivity contribution in [1.82, 2.24) is 5.32 Å². The second kappa shape index (κ2) is 5.78. The van der Waals surface area contributed by atoms with E-state index in [0.717, 1.165) is 37.1 Å². The van der Waals surface area contributed by atoms with Crippen LogP contribution in [0, 0.1) is 11.7 Å². The summed E-state index contributed by atoms with van der Waals surface area (Å²) in [4.78, 5) is 10.9. The molecule has 4 heteroatoms. The minimum atomic E-state index is -0.951. The van der Waals surface area contributed by atoms with Gasteiger partial charge in [0.25, 0.3) is 0 Å². The molecule has 0 spiro atoms. The van der Waals surface area contributed by atoms with E-state index in [-0.39, 0.29) is 11.7 Å². The van der Waals surface area contributed by atoms with Gasteiger partial charge < -0.3 is 10.4 Å². The number of benzene rings is 1. The Morgan fingerprint density at radius 3 is 2.44 bits per heavy atom. The largest absolute Gasteiger partial charge is 0.478 e. The highest BCUT2D eigenvalue weighted by Gasteiger charge is 2.19. The molecule has 1 aliphatic rings. The number of aliphatic carboxylic acids is 1. The highest BCUT2D eigenvalue weighted by Crippen LogP contribution is 2.30. The predicted octanol–water partition coefficient (Wildman–Crippen LogP) is 2.29. The topological polar surface area (TPSA) is 49.3 Å². The summed E-state index contributed by atoms with van der Waals surface area (Å²) in [7, 11) is 0. The van der Waals surface area contributed by atoms with E-state index in [9.17, 15) is 9.18 Å². The highest BCUT2D eigenvalue weighted by molar-refractivity contribution is 5.90. The molecule has 0 saturated carbocycles. The zero-order chi connectivity index (χ0) is 13.0. The van der Waals surface area contributed by atoms with E-state index in [1.807, 2.05) is 0 Å². The number of halogens is 1. The van der Waals surface area contributed by atoms with E-state index in [1.165, 1.54) is 18.2 Å². The van der Waals surface area contributed by atoms with Crippen LogP contribution in [0.1, 0.15) is 18.4 Å². The lowest BCUT2D eigenvalue weighted by Crippen LogP contribution is -2.28. The standard InChI is InChI=1S/C14H16FNO2/c15-12-3-1-10(2-4-12)13(9-14(17)18)11-5-7-16-8-6-11/h1-4,9,11,16H,5-8H2,(H,17,18)/b13-9-. The third kappa shape index (κ3) is 3.17. The Bertz CT molecular complexity index is 447. The summed E-state index contributed by atoms with van der Waals surface area (Å²) >= 11 is 0. The Morgan fingerprint density at radius 2 is 1.89 bits per heavy atom. The van der Waals surface area contributed by atoms with Crippen LogP contribution < -0.4 is 5.32 Å². The molecule has 1 saturated heterocycles. The lowest BCUT2D eigenvalue weighted by atomic mass is 9.85. The minimum Gasteiger partial charge on any atom is -0.478 e. The first-order valence-electron chi connectivity index (χ1n) is 6.08. The summed E-state index contributed by atoms with van der Waals surface area (Å²) in [5.74, 6) is -1.03. The molecule has 1 heterocycles. The van der Waals surface area contributed by atoms with Crippen molar-refractivity contribution in [3.05, 3.63) is 41.7 Å². The Morgan fingerprint density at radius 1 is 1.28 bits per heavy atom. The summed E-state index contributed by atoms with van der Waals surface area (Å²) in [6.45, 7) is 1.78. The number of nitrogens with one attached hydrogen (secondary N) is 1. The first-order chi connectivity index (χ1) is 8.66. The van der Waals surface area contributed by atoms with Gasteiger partial charge in [-0.15, -0.1) is 0 Å². The van der Waals surface area contributed by atoms with Gasteiger partial charge >= 0.3 is 5.97 Å². The Kier molecular flexibility index (Phi) is 4.10. The van der Waals surface area contributed by atoms with E-state index < -0.39 is 5.97 Å². The van der Waals surface area contributed by atoms with Crippen LogP contribution in [0.25, 0.3) is 5.57 Å². The van der Waals surface area contributed by atoms with Crippen LogP contribution in [-0.2, 0) is 4.79 Å². The van der Waals surface area contributed by atoms with Crippen molar-refractivity contribution in [1.29, 1.82) is 0 Å². The van der Waals surface area contributed by atoms with Gasteiger partial charge in [0, 0.05) is 6.08 Å². The molecule has 1 aliphatic heterocycles. The molecule has 2 N–H and O–H groups in total. The van der Waals surface area contributed by atoms with Gasteiger partial charge in [0.05, 0.1) is 0 Å². The zero-order valence-corrected chi connectivity index (χ0v) is 10.0. The number of carbonyl (C=O) groups is 1. The van der Waals surface area contributed by atoms with Gasteiger partial charge in [-0.05, 0) is 55.1 Å². The zero-order valence-electron chi connectivity index (χ0n) is 10.0. The van der Waals surface area contributed by atoms with E-state index >= 15 is 0 Å². The van der Waals surface area contributed by atoms with Crippen LogP contribution in [0.4, 0.5) is 4.39 Å². The Hall–Kier alpha value is -1.68. The van der Waals surface area contributed by atoms with Crippen molar-refractivity contribution in [2.24, 2.45) is 5.92 Å². The molecule has 2 rings (SSSR count). The number of piperidine rings is 1. The molecular weight excluding hydrogens is 233 g/mol. The summed E-state index contributed by atoms with van der Waals surface area (Å²) in [6, 6.07) is 6.02. The van der Waals surface area contributed by atoms with E-state index in [1.54, 1.807) is 12.1 Å². The smallest absolute Gasteiger partial charge is 0.328 e. The van der Waals surface area contributed by atoms with Gasteiger partial charge in [-0.3, -0.25) is 0 Å². The number of carboxylic acid groups (broad SMARTS) is 1. The van der Waals surface area contributed by atoms with Gasteiger partial charge in [0.15, 0.2) is 0 Å². The van der Waals surface area contributed by atoms with Crippen molar-refractivity contribution in [2.75, 3.05) is 13.1 Å². The highest BCUT2D eigenvalue weighted by atomic mass is 19.1. The monoisotopic (exact) mass is 249 g/mol. The molecule has 0 aliphatic carbocycles. The molecule has 0 amide bonds. The van der Waals surface area contributed by atoms with Crippen molar-refractivity contribution >= 4 is 11.5 Å². The maximum absolute atomic E-state index is 12.9. The van der Waals surface area contributed by atoms with Crippen LogP contribution in [-0.4, -0.2) is 24.2 Å². The fourth-order valence-corrected chi connectivity index (χ4v) is 2.35. The molecule has 0 unspecified atom stereocenters. The number of hydrogen-bond donors (Lipinski definition) is 2. The van der Waals surface area contributed by atoms with Gasteiger partial charge in [0.2, 0.25) is 0 Å². The quantitative estimate of drug-likeness (QED) is 0.808. The van der Waals surface area contributed by atoms with Crippen LogP contribution >= 0.6 is 0 Å². The number of rotatable bonds is 3. The average molecular weight is 249 g/mol. The van der Waals surface area contributed by atoms with E-state index in [4.69, 9.17) is 5.11 Å². The van der Waals surface area contributed by atoms with Gasteiger partial charge in [-0.25, -0.2) is 9.18 Å². The molecule has 0 aromatic heterocycles. The lowest BCUT2D eigenvalue weighted by Gasteiger charge is -2.25. The second-order valence-corrected chi connectivity index (χ2v) is 4.47. The number of carboxylic acids is 1. The maximum Gasteiger partial charge on any atom is 0.328 e. The molecule has 96 valence electrons. The third-order valence-electron chi connectivity index (χ3n) is 3.24. The SMILES string of the molecule is O=C(O)/C=C(/c1ccc(F)cc1)C1CCNCC1. The van der Waals surface area contributed by atoms with Crippen LogP contribution in [0.15, 0.2) is 30.3 Å². The Labute approximate surface area is 105 Å². The van der Waals surface area contributed by atoms with Crippen LogP contribution in [0.2, 0.25) is 0 Å². The van der Waals surface area contributed by atoms with E-state index in [2.05, 4.69) is 5.32 Å². The summed E-state index contributed by atoms with van der Waals surface area (Å²) in [6.07, 6.45) is 3.08. The number of hydrogen-bond acceptors (Lipinski definition) is 2.